The average molecular weight is 413 g/mol. The molecule has 31 heavy (non-hydrogen) atoms. The molecule has 5 rings (SSSR count). The van der Waals surface area contributed by atoms with Gasteiger partial charge in [-0.3, -0.25) is 14.6 Å². The van der Waals surface area contributed by atoms with E-state index < -0.39 is 0 Å². The molecule has 9 heteroatoms. The van der Waals surface area contributed by atoms with Crippen molar-refractivity contribution in [2.45, 2.75) is 0 Å². The second kappa shape index (κ2) is 7.94. The molecule has 0 saturated carbocycles. The third-order valence-corrected chi connectivity index (χ3v) is 5.32. The normalized spacial score (nSPS) is 14.1. The van der Waals surface area contributed by atoms with Crippen LogP contribution in [-0.2, 0) is 0 Å². The summed E-state index contributed by atoms with van der Waals surface area (Å²) < 4.78 is 1.27. The number of carbonyl (C=O) groups is 1. The van der Waals surface area contributed by atoms with Gasteiger partial charge < -0.3 is 9.80 Å². The van der Waals surface area contributed by atoms with Gasteiger partial charge in [0.25, 0.3) is 11.5 Å². The van der Waals surface area contributed by atoms with Crippen LogP contribution in [0.5, 0.6) is 0 Å². The second-order valence-corrected chi connectivity index (χ2v) is 7.14. The van der Waals surface area contributed by atoms with E-state index in [1.165, 1.54) is 4.68 Å². The number of benzene rings is 1. The summed E-state index contributed by atoms with van der Waals surface area (Å²) in [6.07, 6.45) is 6.59. The van der Waals surface area contributed by atoms with Crippen LogP contribution in [0.1, 0.15) is 10.5 Å². The molecule has 0 unspecified atom stereocenters. The van der Waals surface area contributed by atoms with E-state index in [-0.39, 0.29) is 17.2 Å². The Hall–Kier alpha value is -4.14. The zero-order valence-electron chi connectivity index (χ0n) is 16.6. The molecule has 1 aliphatic rings. The second-order valence-electron chi connectivity index (χ2n) is 7.14. The van der Waals surface area contributed by atoms with E-state index >= 15 is 0 Å². The number of hydrogen-bond donors (Lipinski definition) is 0. The predicted octanol–water partition coefficient (Wildman–Crippen LogP) is 1.53. The highest BCUT2D eigenvalue weighted by molar-refractivity contribution is 6.05. The quantitative estimate of drug-likeness (QED) is 0.502. The van der Waals surface area contributed by atoms with Gasteiger partial charge in [-0.2, -0.15) is 9.78 Å². The van der Waals surface area contributed by atoms with Gasteiger partial charge in [-0.1, -0.05) is 18.2 Å². The molecule has 0 bridgehead atoms. The first-order valence-electron chi connectivity index (χ1n) is 9.96. The maximum absolute atomic E-state index is 13.4. The summed E-state index contributed by atoms with van der Waals surface area (Å²) in [5.74, 6) is 0.456. The van der Waals surface area contributed by atoms with Gasteiger partial charge in [-0.05, 0) is 24.3 Å². The van der Waals surface area contributed by atoms with Crippen molar-refractivity contribution < 1.29 is 4.79 Å². The standard InChI is InChI=1S/C22H19N7O2/c30-20-18-5-2-1-4-17(18)19(26-29(20)16-6-10-23-11-7-16)21(31)27-12-14-28(15-13-27)22-24-8-3-9-25-22/h1-11H,12-15H2. The first-order chi connectivity index (χ1) is 15.2. The van der Waals surface area contributed by atoms with Crippen molar-refractivity contribution in [1.29, 1.82) is 0 Å². The van der Waals surface area contributed by atoms with Gasteiger partial charge in [0, 0.05) is 56.4 Å². The van der Waals surface area contributed by atoms with E-state index in [0.29, 0.717) is 48.6 Å². The number of carbonyl (C=O) groups excluding carboxylic acids is 1. The molecule has 1 aromatic carbocycles. The van der Waals surface area contributed by atoms with E-state index in [2.05, 4.69) is 20.1 Å². The summed E-state index contributed by atoms with van der Waals surface area (Å²) in [4.78, 5) is 42.8. The molecule has 1 fully saturated rings. The number of anilines is 1. The van der Waals surface area contributed by atoms with Gasteiger partial charge >= 0.3 is 0 Å². The maximum atomic E-state index is 13.4. The lowest BCUT2D eigenvalue weighted by Crippen LogP contribution is -2.49. The van der Waals surface area contributed by atoms with Crippen LogP contribution in [0.3, 0.4) is 0 Å². The van der Waals surface area contributed by atoms with Crippen molar-refractivity contribution in [2.75, 3.05) is 31.1 Å². The molecule has 4 aromatic rings. The lowest BCUT2D eigenvalue weighted by Gasteiger charge is -2.34. The molecule has 0 radical (unpaired) electrons. The highest BCUT2D eigenvalue weighted by Gasteiger charge is 2.26. The summed E-state index contributed by atoms with van der Waals surface area (Å²) in [7, 11) is 0. The number of aromatic nitrogens is 5. The van der Waals surface area contributed by atoms with Crippen LogP contribution in [0.25, 0.3) is 16.5 Å². The van der Waals surface area contributed by atoms with Crippen LogP contribution in [0.15, 0.2) is 72.0 Å². The van der Waals surface area contributed by atoms with Crippen LogP contribution < -0.4 is 10.5 Å². The van der Waals surface area contributed by atoms with Crippen molar-refractivity contribution >= 4 is 22.6 Å². The Morgan fingerprint density at radius 3 is 2.19 bits per heavy atom. The first-order valence-corrected chi connectivity index (χ1v) is 9.96. The number of pyridine rings is 1. The number of hydrogen-bond acceptors (Lipinski definition) is 7. The van der Waals surface area contributed by atoms with Gasteiger partial charge in [0.05, 0.1) is 11.1 Å². The van der Waals surface area contributed by atoms with E-state index in [9.17, 15) is 9.59 Å². The molecular weight excluding hydrogens is 394 g/mol. The Bertz CT molecular complexity index is 1280. The van der Waals surface area contributed by atoms with Crippen molar-refractivity contribution in [3.8, 4) is 5.69 Å². The summed E-state index contributed by atoms with van der Waals surface area (Å²) >= 11 is 0. The van der Waals surface area contributed by atoms with Gasteiger partial charge in [0.15, 0.2) is 5.69 Å². The van der Waals surface area contributed by atoms with E-state index in [0.717, 1.165) is 0 Å². The Labute approximate surface area is 177 Å². The molecule has 0 atom stereocenters. The number of amides is 1. The minimum Gasteiger partial charge on any atom is -0.337 e. The molecule has 154 valence electrons. The van der Waals surface area contributed by atoms with Gasteiger partial charge in [-0.15, -0.1) is 0 Å². The fraction of sp³-hybridized carbons (Fsp3) is 0.182. The zero-order chi connectivity index (χ0) is 21.2. The molecule has 1 amide bonds. The van der Waals surface area contributed by atoms with Crippen molar-refractivity contribution in [3.05, 3.63) is 83.3 Å². The zero-order valence-corrected chi connectivity index (χ0v) is 16.6. The van der Waals surface area contributed by atoms with Gasteiger partial charge in [-0.25, -0.2) is 9.97 Å². The highest BCUT2D eigenvalue weighted by atomic mass is 16.2. The summed E-state index contributed by atoms with van der Waals surface area (Å²) in [5, 5.41) is 5.48. The van der Waals surface area contributed by atoms with Crippen LogP contribution >= 0.6 is 0 Å². The minimum atomic E-state index is -0.274. The molecule has 4 heterocycles. The molecule has 0 N–H and O–H groups in total. The lowest BCUT2D eigenvalue weighted by atomic mass is 10.1. The topological polar surface area (TPSA) is 97.1 Å². The van der Waals surface area contributed by atoms with E-state index in [1.54, 1.807) is 66.1 Å². The minimum absolute atomic E-state index is 0.201. The smallest absolute Gasteiger partial charge is 0.279 e. The van der Waals surface area contributed by atoms with Crippen molar-refractivity contribution in [3.63, 3.8) is 0 Å². The highest BCUT2D eigenvalue weighted by Crippen LogP contribution is 2.18. The van der Waals surface area contributed by atoms with Crippen LogP contribution in [0.2, 0.25) is 0 Å². The SMILES string of the molecule is O=C(c1nn(-c2ccncc2)c(=O)c2ccccc12)N1CCN(c2ncccn2)CC1. The molecule has 0 spiro atoms. The van der Waals surface area contributed by atoms with E-state index in [1.807, 2.05) is 11.0 Å². The monoisotopic (exact) mass is 413 g/mol. The first kappa shape index (κ1) is 18.9. The molecule has 9 nitrogen and oxygen atoms in total. The van der Waals surface area contributed by atoms with Crippen molar-refractivity contribution in [1.82, 2.24) is 29.6 Å². The van der Waals surface area contributed by atoms with Crippen LogP contribution in [-0.4, -0.2) is 61.7 Å². The Morgan fingerprint density at radius 2 is 1.48 bits per heavy atom. The summed E-state index contributed by atoms with van der Waals surface area (Å²) in [6.45, 7) is 2.28. The molecule has 0 aliphatic carbocycles. The largest absolute Gasteiger partial charge is 0.337 e. The number of rotatable bonds is 3. The summed E-state index contributed by atoms with van der Waals surface area (Å²) in [5.41, 5.74) is 0.548. The van der Waals surface area contributed by atoms with Gasteiger partial charge in [0.2, 0.25) is 5.95 Å². The summed E-state index contributed by atoms with van der Waals surface area (Å²) in [6, 6.07) is 12.2. The molecule has 1 saturated heterocycles. The Morgan fingerprint density at radius 1 is 0.806 bits per heavy atom. The van der Waals surface area contributed by atoms with Gasteiger partial charge in [0.1, 0.15) is 0 Å². The number of nitrogens with zero attached hydrogens (tertiary/aromatic N) is 7. The Balaban J connectivity index is 1.49. The average Bonchev–Trinajstić information content (AvgIpc) is 2.85. The van der Waals surface area contributed by atoms with Crippen LogP contribution in [0, 0.1) is 0 Å². The fourth-order valence-corrected chi connectivity index (χ4v) is 3.72. The van der Waals surface area contributed by atoms with E-state index in [4.69, 9.17) is 0 Å². The van der Waals surface area contributed by atoms with Crippen LogP contribution in [0.4, 0.5) is 5.95 Å². The maximum Gasteiger partial charge on any atom is 0.279 e. The third-order valence-electron chi connectivity index (χ3n) is 5.32. The third kappa shape index (κ3) is 3.50. The predicted molar refractivity (Wildman–Crippen MR) is 115 cm³/mol. The molecular formula is C22H19N7O2. The lowest BCUT2D eigenvalue weighted by molar-refractivity contribution is 0.0740. The number of piperazine rings is 1. The molecule has 1 aliphatic heterocycles. The Kier molecular flexibility index (Phi) is 4.83. The van der Waals surface area contributed by atoms with Crippen molar-refractivity contribution in [2.24, 2.45) is 0 Å². The molecule has 3 aromatic heterocycles. The fourth-order valence-electron chi connectivity index (χ4n) is 3.72. The number of fused-ring (bicyclic) bond motifs is 1.